The van der Waals surface area contributed by atoms with Crippen LogP contribution >= 0.6 is 0 Å². The van der Waals surface area contributed by atoms with Gasteiger partial charge in [0.05, 0.1) is 12.2 Å². The predicted octanol–water partition coefficient (Wildman–Crippen LogP) is 3.52. The van der Waals surface area contributed by atoms with Gasteiger partial charge in [0.15, 0.2) is 0 Å². The van der Waals surface area contributed by atoms with Gasteiger partial charge in [-0.3, -0.25) is 4.79 Å². The zero-order valence-electron chi connectivity index (χ0n) is 17.1. The molecule has 2 N–H and O–H groups in total. The summed E-state index contributed by atoms with van der Waals surface area (Å²) in [6, 6.07) is 14.0. The summed E-state index contributed by atoms with van der Waals surface area (Å²) >= 11 is 0. The Hall–Kier alpha value is -3.35. The molecule has 3 rings (SSSR count). The molecule has 1 aromatic carbocycles. The van der Waals surface area contributed by atoms with E-state index in [2.05, 4.69) is 15.6 Å². The second-order valence-electron chi connectivity index (χ2n) is 7.84. The summed E-state index contributed by atoms with van der Waals surface area (Å²) in [5, 5.41) is 5.52. The van der Waals surface area contributed by atoms with Gasteiger partial charge in [0, 0.05) is 11.9 Å². The summed E-state index contributed by atoms with van der Waals surface area (Å²) in [4.78, 5) is 29.7. The highest BCUT2D eigenvalue weighted by Crippen LogP contribution is 2.15. The van der Waals surface area contributed by atoms with Gasteiger partial charge in [0.2, 0.25) is 5.91 Å². The summed E-state index contributed by atoms with van der Waals surface area (Å²) in [5.41, 5.74) is 2.62. The molecule has 0 bridgehead atoms. The van der Waals surface area contributed by atoms with E-state index in [0.717, 1.165) is 17.0 Å². The van der Waals surface area contributed by atoms with Crippen molar-refractivity contribution in [3.05, 3.63) is 71.7 Å². The molecular weight excluding hydrogens is 368 g/mol. The Morgan fingerprint density at radius 3 is 2.48 bits per heavy atom. The fraction of sp³-hybridized carbons (Fsp3) is 0.318. The van der Waals surface area contributed by atoms with E-state index in [1.165, 1.54) is 0 Å². The Kier molecular flexibility index (Phi) is 5.87. The lowest BCUT2D eigenvalue weighted by Gasteiger charge is -2.23. The SMILES string of the molecule is Cc1cccc2nc(CNC(=O)[C@@H](NC(=O)OC(C)(C)C)c3ccccc3)cn12. The van der Waals surface area contributed by atoms with E-state index in [9.17, 15) is 9.59 Å². The fourth-order valence-corrected chi connectivity index (χ4v) is 2.93. The number of hydrogen-bond donors (Lipinski definition) is 2. The van der Waals surface area contributed by atoms with Gasteiger partial charge in [-0.15, -0.1) is 0 Å². The number of aryl methyl sites for hydroxylation is 1. The molecule has 152 valence electrons. The molecule has 0 unspecified atom stereocenters. The van der Waals surface area contributed by atoms with E-state index in [4.69, 9.17) is 4.74 Å². The maximum Gasteiger partial charge on any atom is 0.408 e. The average molecular weight is 394 g/mol. The summed E-state index contributed by atoms with van der Waals surface area (Å²) in [7, 11) is 0. The number of hydrogen-bond acceptors (Lipinski definition) is 4. The molecule has 0 aliphatic rings. The molecule has 0 saturated heterocycles. The second kappa shape index (κ2) is 8.34. The van der Waals surface area contributed by atoms with Crippen molar-refractivity contribution in [2.75, 3.05) is 0 Å². The molecule has 7 heteroatoms. The summed E-state index contributed by atoms with van der Waals surface area (Å²) in [6.07, 6.45) is 1.24. The molecule has 2 heterocycles. The van der Waals surface area contributed by atoms with Crippen LogP contribution in [0.4, 0.5) is 4.79 Å². The molecule has 0 aliphatic carbocycles. The number of amides is 2. The number of benzene rings is 1. The number of carbonyl (C=O) groups is 2. The number of imidazole rings is 1. The summed E-state index contributed by atoms with van der Waals surface area (Å²) in [5.74, 6) is -0.337. The molecular formula is C22H26N4O3. The zero-order chi connectivity index (χ0) is 21.0. The first-order valence-electron chi connectivity index (χ1n) is 9.49. The van der Waals surface area contributed by atoms with Crippen molar-refractivity contribution in [1.82, 2.24) is 20.0 Å². The monoisotopic (exact) mass is 394 g/mol. The Balaban J connectivity index is 1.73. The second-order valence-corrected chi connectivity index (χ2v) is 7.84. The Morgan fingerprint density at radius 2 is 1.83 bits per heavy atom. The third-order valence-corrected chi connectivity index (χ3v) is 4.25. The van der Waals surface area contributed by atoms with Crippen molar-refractivity contribution >= 4 is 17.6 Å². The summed E-state index contributed by atoms with van der Waals surface area (Å²) in [6.45, 7) is 7.56. The highest BCUT2D eigenvalue weighted by atomic mass is 16.6. The lowest BCUT2D eigenvalue weighted by Crippen LogP contribution is -2.42. The van der Waals surface area contributed by atoms with E-state index in [1.807, 2.05) is 53.9 Å². The standard InChI is InChI=1S/C22H26N4O3/c1-15-9-8-12-18-24-17(14-26(15)18)13-23-20(27)19(16-10-6-5-7-11-16)25-21(28)29-22(2,3)4/h5-12,14,19H,13H2,1-4H3,(H,23,27)(H,25,28)/t19-/m0/s1. The molecule has 0 spiro atoms. The maximum atomic E-state index is 12.9. The number of aromatic nitrogens is 2. The molecule has 0 radical (unpaired) electrons. The lowest BCUT2D eigenvalue weighted by molar-refractivity contribution is -0.123. The van der Waals surface area contributed by atoms with Gasteiger partial charge in [0.1, 0.15) is 17.3 Å². The fourth-order valence-electron chi connectivity index (χ4n) is 2.93. The number of nitrogens with zero attached hydrogens (tertiary/aromatic N) is 2. The largest absolute Gasteiger partial charge is 0.444 e. The van der Waals surface area contributed by atoms with Gasteiger partial charge in [-0.25, -0.2) is 9.78 Å². The zero-order valence-corrected chi connectivity index (χ0v) is 17.1. The van der Waals surface area contributed by atoms with Crippen LogP contribution < -0.4 is 10.6 Å². The van der Waals surface area contributed by atoms with Crippen LogP contribution in [-0.4, -0.2) is 27.0 Å². The number of alkyl carbamates (subject to hydrolysis) is 1. The smallest absolute Gasteiger partial charge is 0.408 e. The molecule has 0 fully saturated rings. The molecule has 7 nitrogen and oxygen atoms in total. The van der Waals surface area contributed by atoms with Crippen molar-refractivity contribution in [2.24, 2.45) is 0 Å². The number of carbonyl (C=O) groups excluding carboxylic acids is 2. The van der Waals surface area contributed by atoms with Crippen LogP contribution in [0.1, 0.15) is 43.8 Å². The Morgan fingerprint density at radius 1 is 1.10 bits per heavy atom. The van der Waals surface area contributed by atoms with Gasteiger partial charge in [-0.05, 0) is 45.4 Å². The van der Waals surface area contributed by atoms with Crippen LogP contribution in [0.5, 0.6) is 0 Å². The first-order chi connectivity index (χ1) is 13.7. The minimum Gasteiger partial charge on any atom is -0.444 e. The third kappa shape index (κ3) is 5.34. The molecule has 29 heavy (non-hydrogen) atoms. The number of pyridine rings is 1. The van der Waals surface area contributed by atoms with Crippen molar-refractivity contribution < 1.29 is 14.3 Å². The van der Waals surface area contributed by atoms with E-state index >= 15 is 0 Å². The molecule has 0 saturated carbocycles. The predicted molar refractivity (Wildman–Crippen MR) is 110 cm³/mol. The number of fused-ring (bicyclic) bond motifs is 1. The molecule has 1 atom stereocenters. The third-order valence-electron chi connectivity index (χ3n) is 4.25. The molecule has 2 amide bonds. The van der Waals surface area contributed by atoms with Crippen molar-refractivity contribution in [3.63, 3.8) is 0 Å². The van der Waals surface area contributed by atoms with Gasteiger partial charge < -0.3 is 19.8 Å². The normalized spacial score (nSPS) is 12.4. The maximum absolute atomic E-state index is 12.9. The number of rotatable bonds is 5. The highest BCUT2D eigenvalue weighted by Gasteiger charge is 2.25. The van der Waals surface area contributed by atoms with Gasteiger partial charge >= 0.3 is 6.09 Å². The van der Waals surface area contributed by atoms with E-state index < -0.39 is 17.7 Å². The van der Waals surface area contributed by atoms with Crippen LogP contribution in [0.25, 0.3) is 5.65 Å². The van der Waals surface area contributed by atoms with Crippen LogP contribution in [0.15, 0.2) is 54.7 Å². The quantitative estimate of drug-likeness (QED) is 0.693. The average Bonchev–Trinajstić information content (AvgIpc) is 3.08. The molecule has 0 aliphatic heterocycles. The minimum absolute atomic E-state index is 0.249. The van der Waals surface area contributed by atoms with Gasteiger partial charge in [-0.2, -0.15) is 0 Å². The van der Waals surface area contributed by atoms with Crippen LogP contribution in [-0.2, 0) is 16.1 Å². The first kappa shape index (κ1) is 20.4. The van der Waals surface area contributed by atoms with Crippen molar-refractivity contribution in [1.29, 1.82) is 0 Å². The van der Waals surface area contributed by atoms with E-state index in [-0.39, 0.29) is 12.5 Å². The van der Waals surface area contributed by atoms with Crippen LogP contribution in [0.2, 0.25) is 0 Å². The van der Waals surface area contributed by atoms with E-state index in [1.54, 1.807) is 32.9 Å². The first-order valence-corrected chi connectivity index (χ1v) is 9.49. The van der Waals surface area contributed by atoms with Gasteiger partial charge in [0.25, 0.3) is 0 Å². The highest BCUT2D eigenvalue weighted by molar-refractivity contribution is 5.86. The Bertz CT molecular complexity index is 1010. The van der Waals surface area contributed by atoms with Crippen molar-refractivity contribution in [3.8, 4) is 0 Å². The van der Waals surface area contributed by atoms with Gasteiger partial charge in [-0.1, -0.05) is 36.4 Å². The van der Waals surface area contributed by atoms with Crippen LogP contribution in [0.3, 0.4) is 0 Å². The Labute approximate surface area is 170 Å². The minimum atomic E-state index is -0.871. The summed E-state index contributed by atoms with van der Waals surface area (Å²) < 4.78 is 7.28. The van der Waals surface area contributed by atoms with Crippen molar-refractivity contribution in [2.45, 2.75) is 45.9 Å². The molecule has 2 aromatic heterocycles. The van der Waals surface area contributed by atoms with Crippen LogP contribution in [0, 0.1) is 6.92 Å². The number of ether oxygens (including phenoxy) is 1. The topological polar surface area (TPSA) is 84.7 Å². The lowest BCUT2D eigenvalue weighted by atomic mass is 10.1. The van der Waals surface area contributed by atoms with E-state index in [0.29, 0.717) is 5.56 Å². The number of nitrogens with one attached hydrogen (secondary N) is 2. The molecule has 3 aromatic rings.